The lowest BCUT2D eigenvalue weighted by molar-refractivity contribution is 0.331. The SMILES string of the molecule is CCOc1ccc(-c2cc(OCC)ccc2OCC)cc1. The maximum atomic E-state index is 5.72. The van der Waals surface area contributed by atoms with E-state index in [-0.39, 0.29) is 0 Å². The molecule has 0 unspecified atom stereocenters. The van der Waals surface area contributed by atoms with E-state index in [2.05, 4.69) is 0 Å². The predicted octanol–water partition coefficient (Wildman–Crippen LogP) is 4.55. The van der Waals surface area contributed by atoms with Gasteiger partial charge in [-0.15, -0.1) is 0 Å². The molecule has 0 atom stereocenters. The summed E-state index contributed by atoms with van der Waals surface area (Å²) in [6.45, 7) is 7.90. The minimum atomic E-state index is 0.637. The summed E-state index contributed by atoms with van der Waals surface area (Å²) in [4.78, 5) is 0. The van der Waals surface area contributed by atoms with Gasteiger partial charge in [0.25, 0.3) is 0 Å². The van der Waals surface area contributed by atoms with Gasteiger partial charge in [0.2, 0.25) is 0 Å². The Balaban J connectivity index is 2.36. The van der Waals surface area contributed by atoms with Crippen molar-refractivity contribution in [2.45, 2.75) is 20.8 Å². The van der Waals surface area contributed by atoms with Crippen molar-refractivity contribution in [3.63, 3.8) is 0 Å². The Bertz CT molecular complexity index is 561. The van der Waals surface area contributed by atoms with Gasteiger partial charge in [0, 0.05) is 5.56 Å². The van der Waals surface area contributed by atoms with E-state index >= 15 is 0 Å². The third-order valence-corrected chi connectivity index (χ3v) is 3.04. The van der Waals surface area contributed by atoms with Crippen LogP contribution in [0.3, 0.4) is 0 Å². The van der Waals surface area contributed by atoms with E-state index in [0.717, 1.165) is 28.4 Å². The van der Waals surface area contributed by atoms with Gasteiger partial charge >= 0.3 is 0 Å². The first-order valence-electron chi connectivity index (χ1n) is 7.41. The first-order chi connectivity index (χ1) is 10.3. The second-order valence-corrected chi connectivity index (χ2v) is 4.48. The lowest BCUT2D eigenvalue weighted by Gasteiger charge is -2.13. The predicted molar refractivity (Wildman–Crippen MR) is 85.4 cm³/mol. The van der Waals surface area contributed by atoms with Crippen LogP contribution < -0.4 is 14.2 Å². The standard InChI is InChI=1S/C18H22O3/c1-4-19-15-9-7-14(8-10-15)17-13-16(20-5-2)11-12-18(17)21-6-3/h7-13H,4-6H2,1-3H3. The van der Waals surface area contributed by atoms with E-state index in [1.807, 2.05) is 63.2 Å². The van der Waals surface area contributed by atoms with Crippen molar-refractivity contribution in [1.29, 1.82) is 0 Å². The quantitative estimate of drug-likeness (QED) is 0.747. The molecule has 3 nitrogen and oxygen atoms in total. The molecule has 0 spiro atoms. The van der Waals surface area contributed by atoms with Crippen LogP contribution in [0.5, 0.6) is 17.2 Å². The second kappa shape index (κ2) is 7.58. The molecule has 0 heterocycles. The van der Waals surface area contributed by atoms with Crippen LogP contribution in [0.4, 0.5) is 0 Å². The number of hydrogen-bond donors (Lipinski definition) is 0. The smallest absolute Gasteiger partial charge is 0.127 e. The molecule has 0 aromatic heterocycles. The van der Waals surface area contributed by atoms with Crippen LogP contribution in [-0.4, -0.2) is 19.8 Å². The van der Waals surface area contributed by atoms with Crippen LogP contribution in [0.1, 0.15) is 20.8 Å². The summed E-state index contributed by atoms with van der Waals surface area (Å²) < 4.78 is 16.8. The van der Waals surface area contributed by atoms with Gasteiger partial charge in [0.05, 0.1) is 19.8 Å². The highest BCUT2D eigenvalue weighted by molar-refractivity contribution is 5.72. The molecule has 0 aliphatic carbocycles. The molecular formula is C18H22O3. The minimum Gasteiger partial charge on any atom is -0.494 e. The van der Waals surface area contributed by atoms with Crippen molar-refractivity contribution in [1.82, 2.24) is 0 Å². The van der Waals surface area contributed by atoms with Gasteiger partial charge in [-0.3, -0.25) is 0 Å². The number of rotatable bonds is 7. The van der Waals surface area contributed by atoms with Crippen molar-refractivity contribution in [3.05, 3.63) is 42.5 Å². The zero-order valence-electron chi connectivity index (χ0n) is 12.9. The molecule has 2 aromatic carbocycles. The second-order valence-electron chi connectivity index (χ2n) is 4.48. The molecule has 0 saturated carbocycles. The van der Waals surface area contributed by atoms with Crippen LogP contribution >= 0.6 is 0 Å². The van der Waals surface area contributed by atoms with Gasteiger partial charge in [-0.05, 0) is 56.7 Å². The van der Waals surface area contributed by atoms with E-state index in [9.17, 15) is 0 Å². The van der Waals surface area contributed by atoms with E-state index in [1.54, 1.807) is 0 Å². The van der Waals surface area contributed by atoms with Crippen LogP contribution in [0, 0.1) is 0 Å². The molecule has 21 heavy (non-hydrogen) atoms. The highest BCUT2D eigenvalue weighted by Gasteiger charge is 2.08. The molecule has 0 bridgehead atoms. The van der Waals surface area contributed by atoms with Crippen molar-refractivity contribution in [2.24, 2.45) is 0 Å². The summed E-state index contributed by atoms with van der Waals surface area (Å²) in [7, 11) is 0. The maximum absolute atomic E-state index is 5.72. The largest absolute Gasteiger partial charge is 0.494 e. The Morgan fingerprint density at radius 3 is 1.86 bits per heavy atom. The molecule has 0 fully saturated rings. The molecule has 0 N–H and O–H groups in total. The van der Waals surface area contributed by atoms with Crippen molar-refractivity contribution >= 4 is 0 Å². The van der Waals surface area contributed by atoms with E-state index < -0.39 is 0 Å². The Morgan fingerprint density at radius 1 is 0.667 bits per heavy atom. The van der Waals surface area contributed by atoms with Crippen LogP contribution in [0.25, 0.3) is 11.1 Å². The third-order valence-electron chi connectivity index (χ3n) is 3.04. The Hall–Kier alpha value is -2.16. The van der Waals surface area contributed by atoms with Crippen molar-refractivity contribution in [3.8, 4) is 28.4 Å². The fourth-order valence-electron chi connectivity index (χ4n) is 2.17. The fraction of sp³-hybridized carbons (Fsp3) is 0.333. The summed E-state index contributed by atoms with van der Waals surface area (Å²) in [5.74, 6) is 2.59. The van der Waals surface area contributed by atoms with Crippen LogP contribution in [0.2, 0.25) is 0 Å². The average molecular weight is 286 g/mol. The van der Waals surface area contributed by atoms with Gasteiger partial charge in [-0.25, -0.2) is 0 Å². The van der Waals surface area contributed by atoms with Gasteiger partial charge in [0.1, 0.15) is 17.2 Å². The van der Waals surface area contributed by atoms with Gasteiger partial charge in [-0.1, -0.05) is 12.1 Å². The average Bonchev–Trinajstić information content (AvgIpc) is 2.50. The van der Waals surface area contributed by atoms with Crippen molar-refractivity contribution in [2.75, 3.05) is 19.8 Å². The molecule has 3 heteroatoms. The lowest BCUT2D eigenvalue weighted by Crippen LogP contribution is -1.97. The summed E-state index contributed by atoms with van der Waals surface area (Å²) >= 11 is 0. The van der Waals surface area contributed by atoms with Crippen molar-refractivity contribution < 1.29 is 14.2 Å². The van der Waals surface area contributed by atoms with E-state index in [1.165, 1.54) is 0 Å². The molecule has 2 rings (SSSR count). The monoisotopic (exact) mass is 286 g/mol. The summed E-state index contributed by atoms with van der Waals surface area (Å²) in [6.07, 6.45) is 0. The molecule has 0 aliphatic rings. The summed E-state index contributed by atoms with van der Waals surface area (Å²) in [5.41, 5.74) is 2.12. The minimum absolute atomic E-state index is 0.637. The van der Waals surface area contributed by atoms with Gasteiger partial charge in [-0.2, -0.15) is 0 Å². The molecule has 2 aromatic rings. The summed E-state index contributed by atoms with van der Waals surface area (Å²) in [5, 5.41) is 0. The molecule has 0 aliphatic heterocycles. The molecule has 112 valence electrons. The van der Waals surface area contributed by atoms with E-state index in [0.29, 0.717) is 19.8 Å². The normalized spacial score (nSPS) is 10.2. The molecular weight excluding hydrogens is 264 g/mol. The zero-order chi connectivity index (χ0) is 15.1. The highest BCUT2D eigenvalue weighted by atomic mass is 16.5. The number of hydrogen-bond acceptors (Lipinski definition) is 3. The molecule has 0 radical (unpaired) electrons. The highest BCUT2D eigenvalue weighted by Crippen LogP contribution is 2.34. The van der Waals surface area contributed by atoms with Gasteiger partial charge in [0.15, 0.2) is 0 Å². The zero-order valence-corrected chi connectivity index (χ0v) is 12.9. The van der Waals surface area contributed by atoms with E-state index in [4.69, 9.17) is 14.2 Å². The van der Waals surface area contributed by atoms with Crippen LogP contribution in [0.15, 0.2) is 42.5 Å². The first-order valence-corrected chi connectivity index (χ1v) is 7.41. The lowest BCUT2D eigenvalue weighted by atomic mass is 10.0. The Labute approximate surface area is 126 Å². The molecule has 0 saturated heterocycles. The fourth-order valence-corrected chi connectivity index (χ4v) is 2.17. The third kappa shape index (κ3) is 3.91. The topological polar surface area (TPSA) is 27.7 Å². The number of benzene rings is 2. The van der Waals surface area contributed by atoms with Crippen LogP contribution in [-0.2, 0) is 0 Å². The Morgan fingerprint density at radius 2 is 1.24 bits per heavy atom. The van der Waals surface area contributed by atoms with Gasteiger partial charge < -0.3 is 14.2 Å². The molecule has 0 amide bonds. The first kappa shape index (κ1) is 15.2. The maximum Gasteiger partial charge on any atom is 0.127 e. The Kier molecular flexibility index (Phi) is 5.50. The number of ether oxygens (including phenoxy) is 3. The summed E-state index contributed by atoms with van der Waals surface area (Å²) in [6, 6.07) is 13.9.